The highest BCUT2D eigenvalue weighted by Crippen LogP contribution is 2.38. The topological polar surface area (TPSA) is 121 Å². The van der Waals surface area contributed by atoms with Crippen molar-refractivity contribution in [3.05, 3.63) is 46.6 Å². The maximum atomic E-state index is 13.5. The molecule has 0 aliphatic carbocycles. The average molecular weight is 606 g/mol. The molecule has 2 aromatic rings. The third-order valence-corrected chi connectivity index (χ3v) is 6.74. The zero-order valence-corrected chi connectivity index (χ0v) is 24.4. The Kier molecular flexibility index (Phi) is 9.28. The van der Waals surface area contributed by atoms with Crippen molar-refractivity contribution in [1.29, 1.82) is 0 Å². The van der Waals surface area contributed by atoms with Crippen LogP contribution in [0.4, 0.5) is 14.9 Å². The van der Waals surface area contributed by atoms with Crippen LogP contribution in [0.3, 0.4) is 0 Å². The summed E-state index contributed by atoms with van der Waals surface area (Å²) in [6.45, 7) is 10.9. The lowest BCUT2D eigenvalue weighted by Crippen LogP contribution is -2.52. The van der Waals surface area contributed by atoms with Gasteiger partial charge in [-0.3, -0.25) is 19.5 Å². The molecule has 0 spiro atoms. The summed E-state index contributed by atoms with van der Waals surface area (Å²) in [5.74, 6) is -1.67. The molecule has 212 valence electrons. The molecule has 2 heterocycles. The molecule has 3 rings (SSSR count). The molecule has 1 saturated heterocycles. The maximum Gasteiger partial charge on any atom is 0.482 e. The van der Waals surface area contributed by atoms with E-state index in [0.717, 1.165) is 10.8 Å². The van der Waals surface area contributed by atoms with E-state index in [1.807, 2.05) is 41.5 Å². The van der Waals surface area contributed by atoms with Crippen molar-refractivity contribution >= 4 is 59.6 Å². The van der Waals surface area contributed by atoms with Crippen LogP contribution in [0.15, 0.2) is 35.3 Å². The predicted molar refractivity (Wildman–Crippen MR) is 147 cm³/mol. The van der Waals surface area contributed by atoms with Crippen molar-refractivity contribution in [2.75, 3.05) is 5.32 Å². The van der Waals surface area contributed by atoms with Gasteiger partial charge in [0, 0.05) is 5.56 Å². The number of ether oxygens (including phenoxy) is 1. The van der Waals surface area contributed by atoms with Crippen LogP contribution < -0.4 is 16.2 Å². The first kappa shape index (κ1) is 31.2. The van der Waals surface area contributed by atoms with E-state index in [9.17, 15) is 18.8 Å². The molecule has 0 bridgehead atoms. The molecule has 1 unspecified atom stereocenters. The summed E-state index contributed by atoms with van der Waals surface area (Å²) >= 11 is 16.4. The van der Waals surface area contributed by atoms with Crippen LogP contribution in [0.1, 0.15) is 41.5 Å². The number of carbonyl (C=O) groups is 2. The number of nitrogens with zero attached hydrogens (tertiary/aromatic N) is 2. The van der Waals surface area contributed by atoms with Gasteiger partial charge in [0.05, 0.1) is 23.3 Å². The SMILES string of the molecule is CC(C)C(NC(=O)Cn1c(-c2ccc(F)cc2)ncc(NC(=O)OC(Cl)(Cl)Cl)c1=O)B1OC(C)(C)C(C)(C)O1. The van der Waals surface area contributed by atoms with Gasteiger partial charge < -0.3 is 19.4 Å². The van der Waals surface area contributed by atoms with E-state index in [2.05, 4.69) is 20.4 Å². The van der Waals surface area contributed by atoms with Crippen LogP contribution in [-0.2, 0) is 25.4 Å². The van der Waals surface area contributed by atoms with Gasteiger partial charge in [0.15, 0.2) is 0 Å². The van der Waals surface area contributed by atoms with Gasteiger partial charge in [0.2, 0.25) is 5.91 Å². The lowest BCUT2D eigenvalue weighted by Gasteiger charge is -2.32. The highest BCUT2D eigenvalue weighted by molar-refractivity contribution is 6.66. The Balaban J connectivity index is 1.93. The first-order valence-electron chi connectivity index (χ1n) is 12.0. The van der Waals surface area contributed by atoms with E-state index in [1.54, 1.807) is 0 Å². The van der Waals surface area contributed by atoms with Gasteiger partial charge in [-0.15, -0.1) is 0 Å². The zero-order valence-electron chi connectivity index (χ0n) is 22.2. The molecule has 1 aliphatic heterocycles. The van der Waals surface area contributed by atoms with Crippen molar-refractivity contribution in [1.82, 2.24) is 14.9 Å². The highest BCUT2D eigenvalue weighted by atomic mass is 35.6. The number of nitrogens with one attached hydrogen (secondary N) is 2. The normalized spacial score (nSPS) is 17.2. The second-order valence-electron chi connectivity index (χ2n) is 10.3. The Hall–Kier alpha value is -2.38. The van der Waals surface area contributed by atoms with E-state index in [4.69, 9.17) is 44.1 Å². The van der Waals surface area contributed by atoms with Gasteiger partial charge >= 0.3 is 17.2 Å². The van der Waals surface area contributed by atoms with Gasteiger partial charge in [-0.05, 0) is 92.7 Å². The summed E-state index contributed by atoms with van der Waals surface area (Å²) in [6, 6.07) is 5.17. The Bertz CT molecular complexity index is 1270. The van der Waals surface area contributed by atoms with Crippen LogP contribution in [0.5, 0.6) is 0 Å². The van der Waals surface area contributed by atoms with Gasteiger partial charge in [-0.25, -0.2) is 14.2 Å². The van der Waals surface area contributed by atoms with Crippen molar-refractivity contribution in [3.63, 3.8) is 0 Å². The lowest BCUT2D eigenvalue weighted by molar-refractivity contribution is -0.122. The second-order valence-corrected chi connectivity index (χ2v) is 12.5. The van der Waals surface area contributed by atoms with Crippen molar-refractivity contribution in [2.24, 2.45) is 5.92 Å². The first-order chi connectivity index (χ1) is 17.9. The first-order valence-corrected chi connectivity index (χ1v) is 13.1. The number of carbonyl (C=O) groups excluding carboxylic acids is 2. The van der Waals surface area contributed by atoms with E-state index in [1.165, 1.54) is 24.3 Å². The monoisotopic (exact) mass is 604 g/mol. The molecule has 39 heavy (non-hydrogen) atoms. The van der Waals surface area contributed by atoms with E-state index in [0.29, 0.717) is 5.56 Å². The standard InChI is InChI=1S/C24H29BCl3FN4O6/c1-13(2)18(25-38-22(3,4)23(5,6)39-25)32-17(34)12-33-19(14-7-9-15(29)10-8-14)30-11-16(20(33)35)31-21(36)37-24(26,27)28/h7-11,13,18H,12H2,1-6H3,(H,31,36)(H,32,34). The number of hydrogen-bond acceptors (Lipinski definition) is 7. The van der Waals surface area contributed by atoms with Gasteiger partial charge in [-0.2, -0.15) is 0 Å². The van der Waals surface area contributed by atoms with Gasteiger partial charge in [0.1, 0.15) is 23.9 Å². The number of aromatic nitrogens is 2. The summed E-state index contributed by atoms with van der Waals surface area (Å²) in [5.41, 5.74) is -2.04. The molecule has 1 aromatic carbocycles. The fourth-order valence-electron chi connectivity index (χ4n) is 3.75. The third-order valence-electron chi connectivity index (χ3n) is 6.51. The Morgan fingerprint density at radius 1 is 1.13 bits per heavy atom. The molecule has 1 aromatic heterocycles. The second kappa shape index (κ2) is 11.6. The predicted octanol–water partition coefficient (Wildman–Crippen LogP) is 4.70. The average Bonchev–Trinajstić information content (AvgIpc) is 3.00. The van der Waals surface area contributed by atoms with Crippen molar-refractivity contribution in [3.8, 4) is 11.4 Å². The lowest BCUT2D eigenvalue weighted by atomic mass is 9.72. The van der Waals surface area contributed by atoms with Crippen LogP contribution in [-0.4, -0.2) is 49.8 Å². The molecule has 2 N–H and O–H groups in total. The number of alkyl halides is 3. The Labute approximate surface area is 240 Å². The minimum atomic E-state index is -2.37. The van der Waals surface area contributed by atoms with Gasteiger partial charge in [-0.1, -0.05) is 13.8 Å². The number of amides is 2. The quantitative estimate of drug-likeness (QED) is 0.347. The van der Waals surface area contributed by atoms with E-state index in [-0.39, 0.29) is 17.4 Å². The molecule has 1 aliphatic rings. The summed E-state index contributed by atoms with van der Waals surface area (Å²) in [4.78, 5) is 42.9. The fourth-order valence-corrected chi connectivity index (χ4v) is 3.96. The van der Waals surface area contributed by atoms with E-state index >= 15 is 0 Å². The third kappa shape index (κ3) is 7.64. The summed E-state index contributed by atoms with van der Waals surface area (Å²) < 4.78 is 29.0. The van der Waals surface area contributed by atoms with Crippen molar-refractivity contribution in [2.45, 2.75) is 69.2 Å². The maximum absolute atomic E-state index is 13.5. The Morgan fingerprint density at radius 2 is 1.69 bits per heavy atom. The summed E-state index contributed by atoms with van der Waals surface area (Å²) in [7, 11) is -0.741. The summed E-state index contributed by atoms with van der Waals surface area (Å²) in [5, 5.41) is 5.04. The van der Waals surface area contributed by atoms with Crippen LogP contribution in [0.2, 0.25) is 0 Å². The number of benzene rings is 1. The largest absolute Gasteiger partial charge is 0.482 e. The molecule has 10 nitrogen and oxygen atoms in total. The van der Waals surface area contributed by atoms with Crippen LogP contribution in [0.25, 0.3) is 11.4 Å². The molecular formula is C24H29BCl3FN4O6. The number of halogens is 4. The minimum absolute atomic E-state index is 0.0483. The molecule has 2 amide bonds. The molecule has 15 heteroatoms. The molecular weight excluding hydrogens is 576 g/mol. The number of hydrogen-bond donors (Lipinski definition) is 2. The molecule has 1 fully saturated rings. The molecule has 0 radical (unpaired) electrons. The van der Waals surface area contributed by atoms with Crippen molar-refractivity contribution < 1.29 is 28.0 Å². The number of rotatable bonds is 7. The van der Waals surface area contributed by atoms with Gasteiger partial charge in [0.25, 0.3) is 5.56 Å². The zero-order chi connectivity index (χ0) is 29.3. The fraction of sp³-hybridized carbons (Fsp3) is 0.500. The highest BCUT2D eigenvalue weighted by Gasteiger charge is 2.54. The Morgan fingerprint density at radius 3 is 2.21 bits per heavy atom. The van der Waals surface area contributed by atoms with Crippen LogP contribution in [0, 0.1) is 11.7 Å². The van der Waals surface area contributed by atoms with Crippen LogP contribution >= 0.6 is 34.8 Å². The summed E-state index contributed by atoms with van der Waals surface area (Å²) in [6.07, 6.45) is -0.184. The molecule has 0 saturated carbocycles. The van der Waals surface area contributed by atoms with E-state index < -0.39 is 58.2 Å². The number of anilines is 1. The molecule has 1 atom stereocenters. The smallest absolute Gasteiger partial charge is 0.402 e. The minimum Gasteiger partial charge on any atom is -0.402 e.